The summed E-state index contributed by atoms with van der Waals surface area (Å²) in [6.45, 7) is 0. The lowest BCUT2D eigenvalue weighted by Gasteiger charge is -2.23. The van der Waals surface area contributed by atoms with Gasteiger partial charge in [-0.15, -0.1) is 0 Å². The average molecular weight is 397 g/mol. The molecule has 2 aliphatic rings. The summed E-state index contributed by atoms with van der Waals surface area (Å²) in [6, 6.07) is 5.83. The molecule has 0 aliphatic heterocycles. The first-order chi connectivity index (χ1) is 13.5. The van der Waals surface area contributed by atoms with E-state index in [0.717, 1.165) is 60.6 Å². The summed E-state index contributed by atoms with van der Waals surface area (Å²) in [6.07, 6.45) is 8.63. The number of nitrogens with zero attached hydrogens (tertiary/aromatic N) is 3. The van der Waals surface area contributed by atoms with Crippen LogP contribution in [-0.2, 0) is 5.60 Å². The first-order valence-electron chi connectivity index (χ1n) is 9.67. The predicted molar refractivity (Wildman–Crippen MR) is 108 cm³/mol. The highest BCUT2D eigenvalue weighted by Crippen LogP contribution is 2.42. The summed E-state index contributed by atoms with van der Waals surface area (Å²) in [4.78, 5) is 21.1. The molecule has 7 heteroatoms. The van der Waals surface area contributed by atoms with Crippen LogP contribution in [0.5, 0.6) is 0 Å². The molecule has 6 nitrogen and oxygen atoms in total. The number of carbonyl (C=O) groups is 1. The molecule has 2 heterocycles. The fraction of sp³-hybridized carbons (Fsp3) is 0.381. The highest BCUT2D eigenvalue weighted by Gasteiger charge is 2.35. The Kier molecular flexibility index (Phi) is 3.96. The highest BCUT2D eigenvalue weighted by atomic mass is 35.5. The molecule has 0 saturated heterocycles. The van der Waals surface area contributed by atoms with Gasteiger partial charge in [0.25, 0.3) is 0 Å². The topological polar surface area (TPSA) is 94.0 Å². The third-order valence-electron chi connectivity index (χ3n) is 5.95. The van der Waals surface area contributed by atoms with Crippen LogP contribution in [0.15, 0.2) is 30.6 Å². The highest BCUT2D eigenvalue weighted by molar-refractivity contribution is 6.33. The average Bonchev–Trinajstić information content (AvgIpc) is 3.34. The molecule has 3 N–H and O–H groups in total. The zero-order chi connectivity index (χ0) is 19.5. The van der Waals surface area contributed by atoms with E-state index in [0.29, 0.717) is 10.7 Å². The molecule has 0 unspecified atom stereocenters. The number of nitrogens with two attached hydrogens (primary N) is 1. The van der Waals surface area contributed by atoms with Gasteiger partial charge in [-0.1, -0.05) is 30.5 Å². The summed E-state index contributed by atoms with van der Waals surface area (Å²) >= 11 is 6.36. The zero-order valence-electron chi connectivity index (χ0n) is 15.4. The maximum Gasteiger partial charge on any atom is 0.234 e. The van der Waals surface area contributed by atoms with Crippen molar-refractivity contribution in [2.75, 3.05) is 5.73 Å². The van der Waals surface area contributed by atoms with E-state index >= 15 is 0 Å². The second-order valence-corrected chi connectivity index (χ2v) is 8.33. The summed E-state index contributed by atoms with van der Waals surface area (Å²) in [5, 5.41) is 12.3. The van der Waals surface area contributed by atoms with Gasteiger partial charge in [-0.2, -0.15) is 0 Å². The minimum absolute atomic E-state index is 0.0769. The predicted octanol–water partition coefficient (Wildman–Crippen LogP) is 4.15. The number of benzene rings is 1. The molecule has 2 aromatic heterocycles. The van der Waals surface area contributed by atoms with Gasteiger partial charge in [0.2, 0.25) is 11.9 Å². The second-order valence-electron chi connectivity index (χ2n) is 7.92. The van der Waals surface area contributed by atoms with Crippen LogP contribution in [0.4, 0.5) is 5.95 Å². The van der Waals surface area contributed by atoms with E-state index in [1.54, 1.807) is 10.8 Å². The van der Waals surface area contributed by atoms with E-state index in [4.69, 9.17) is 17.3 Å². The summed E-state index contributed by atoms with van der Waals surface area (Å²) < 4.78 is 1.69. The van der Waals surface area contributed by atoms with Crippen molar-refractivity contribution in [2.24, 2.45) is 5.92 Å². The molecule has 144 valence electrons. The molecular weight excluding hydrogens is 376 g/mol. The molecule has 0 spiro atoms. The normalized spacial score (nSPS) is 18.6. The van der Waals surface area contributed by atoms with Crippen molar-refractivity contribution in [1.29, 1.82) is 0 Å². The van der Waals surface area contributed by atoms with Crippen molar-refractivity contribution in [1.82, 2.24) is 14.5 Å². The van der Waals surface area contributed by atoms with E-state index in [1.165, 1.54) is 6.20 Å². The van der Waals surface area contributed by atoms with Gasteiger partial charge in [-0.05, 0) is 43.4 Å². The fourth-order valence-electron chi connectivity index (χ4n) is 4.24. The quantitative estimate of drug-likeness (QED) is 0.693. The molecule has 0 amide bonds. The maximum absolute atomic E-state index is 12.8. The van der Waals surface area contributed by atoms with Crippen molar-refractivity contribution in [2.45, 2.75) is 44.1 Å². The van der Waals surface area contributed by atoms with Crippen LogP contribution in [0.1, 0.15) is 48.9 Å². The van der Waals surface area contributed by atoms with Crippen molar-refractivity contribution in [3.63, 3.8) is 0 Å². The third kappa shape index (κ3) is 2.79. The standard InChI is InChI=1S/C21H21ClN4O2/c22-16-10-24-20(23)25-18(16)15-11-26(19(27)12-3-4-12)17-6-5-13(9-14(15)17)21(28)7-1-2-8-21/h5-6,9-12,28H,1-4,7-8H2,(H2,23,24,25). The van der Waals surface area contributed by atoms with Gasteiger partial charge in [-0.25, -0.2) is 9.97 Å². The third-order valence-corrected chi connectivity index (χ3v) is 6.23. The Morgan fingerprint density at radius 3 is 2.75 bits per heavy atom. The Labute approximate surface area is 167 Å². The molecule has 5 rings (SSSR count). The van der Waals surface area contributed by atoms with E-state index in [-0.39, 0.29) is 17.8 Å². The Balaban J connectivity index is 1.75. The Morgan fingerprint density at radius 2 is 2.04 bits per heavy atom. The van der Waals surface area contributed by atoms with Gasteiger partial charge >= 0.3 is 0 Å². The van der Waals surface area contributed by atoms with Crippen LogP contribution in [-0.4, -0.2) is 25.5 Å². The number of hydrogen-bond donors (Lipinski definition) is 2. The van der Waals surface area contributed by atoms with Crippen LogP contribution in [0.2, 0.25) is 5.02 Å². The molecule has 2 saturated carbocycles. The molecule has 0 atom stereocenters. The van der Waals surface area contributed by atoms with Gasteiger partial charge < -0.3 is 10.8 Å². The molecular formula is C21H21ClN4O2. The van der Waals surface area contributed by atoms with E-state index in [1.807, 2.05) is 18.2 Å². The summed E-state index contributed by atoms with van der Waals surface area (Å²) in [7, 11) is 0. The SMILES string of the molecule is Nc1ncc(Cl)c(-c2cn(C(=O)C3CC3)c3ccc(C4(O)CCCC4)cc23)n1. The van der Waals surface area contributed by atoms with Crippen molar-refractivity contribution in [3.05, 3.63) is 41.2 Å². The van der Waals surface area contributed by atoms with Crippen LogP contribution in [0.3, 0.4) is 0 Å². The number of nitrogen functional groups attached to an aromatic ring is 1. The number of halogens is 1. The van der Waals surface area contributed by atoms with Crippen molar-refractivity contribution >= 4 is 34.4 Å². The number of hydrogen-bond acceptors (Lipinski definition) is 5. The largest absolute Gasteiger partial charge is 0.385 e. The minimum atomic E-state index is -0.817. The number of fused-ring (bicyclic) bond motifs is 1. The molecule has 0 bridgehead atoms. The van der Waals surface area contributed by atoms with E-state index < -0.39 is 5.60 Å². The van der Waals surface area contributed by atoms with Crippen LogP contribution < -0.4 is 5.73 Å². The Morgan fingerprint density at radius 1 is 1.29 bits per heavy atom. The van der Waals surface area contributed by atoms with Crippen LogP contribution in [0.25, 0.3) is 22.2 Å². The molecule has 3 aromatic rings. The number of anilines is 1. The van der Waals surface area contributed by atoms with Gasteiger partial charge in [-0.3, -0.25) is 9.36 Å². The monoisotopic (exact) mass is 396 g/mol. The lowest BCUT2D eigenvalue weighted by molar-refractivity contribution is 0.0446. The Hall–Kier alpha value is -2.44. The van der Waals surface area contributed by atoms with Crippen LogP contribution >= 0.6 is 11.6 Å². The molecule has 28 heavy (non-hydrogen) atoms. The Bertz CT molecular complexity index is 1100. The lowest BCUT2D eigenvalue weighted by Crippen LogP contribution is -2.20. The van der Waals surface area contributed by atoms with Gasteiger partial charge in [0.1, 0.15) is 0 Å². The van der Waals surface area contributed by atoms with Gasteiger partial charge in [0.05, 0.1) is 28.0 Å². The molecule has 0 radical (unpaired) electrons. The zero-order valence-corrected chi connectivity index (χ0v) is 16.1. The van der Waals surface area contributed by atoms with E-state index in [2.05, 4.69) is 9.97 Å². The minimum Gasteiger partial charge on any atom is -0.385 e. The van der Waals surface area contributed by atoms with Crippen molar-refractivity contribution < 1.29 is 9.90 Å². The van der Waals surface area contributed by atoms with E-state index in [9.17, 15) is 9.90 Å². The first-order valence-corrected chi connectivity index (χ1v) is 10.0. The van der Waals surface area contributed by atoms with Gasteiger partial charge in [0, 0.05) is 23.1 Å². The molecule has 2 aliphatic carbocycles. The second kappa shape index (κ2) is 6.29. The number of aliphatic hydroxyl groups is 1. The molecule has 2 fully saturated rings. The van der Waals surface area contributed by atoms with Crippen molar-refractivity contribution in [3.8, 4) is 11.3 Å². The first kappa shape index (κ1) is 17.6. The number of aromatic nitrogens is 3. The summed E-state index contributed by atoms with van der Waals surface area (Å²) in [5.41, 5.74) is 7.86. The fourth-order valence-corrected chi connectivity index (χ4v) is 4.43. The summed E-state index contributed by atoms with van der Waals surface area (Å²) in [5.74, 6) is 0.286. The number of rotatable bonds is 3. The molecule has 1 aromatic carbocycles. The smallest absolute Gasteiger partial charge is 0.234 e. The lowest BCUT2D eigenvalue weighted by atomic mass is 9.91. The van der Waals surface area contributed by atoms with Crippen LogP contribution in [0, 0.1) is 5.92 Å². The van der Waals surface area contributed by atoms with Gasteiger partial charge in [0.15, 0.2) is 0 Å². The number of carbonyl (C=O) groups excluding carboxylic acids is 1. The maximum atomic E-state index is 12.8.